The van der Waals surface area contributed by atoms with Crippen LogP contribution in [0.5, 0.6) is 0 Å². The third-order valence-corrected chi connectivity index (χ3v) is 3.88. The Hall–Kier alpha value is -0.160. The normalized spacial score (nSPS) is 31.2. The van der Waals surface area contributed by atoms with Crippen molar-refractivity contribution in [1.82, 2.24) is 4.90 Å². The van der Waals surface area contributed by atoms with Crippen LogP contribution < -0.4 is 5.73 Å². The summed E-state index contributed by atoms with van der Waals surface area (Å²) in [4.78, 5) is 2.42. The molecule has 2 fully saturated rings. The van der Waals surface area contributed by atoms with E-state index in [1.165, 1.54) is 25.8 Å². The van der Waals surface area contributed by atoms with Gasteiger partial charge in [0.25, 0.3) is 0 Å². The van der Waals surface area contributed by atoms with Gasteiger partial charge in [0.1, 0.15) is 0 Å². The highest BCUT2D eigenvalue weighted by molar-refractivity contribution is 4.77. The van der Waals surface area contributed by atoms with E-state index in [2.05, 4.69) is 11.9 Å². The highest BCUT2D eigenvalue weighted by Gasteiger charge is 2.25. The Morgan fingerprint density at radius 1 is 1.06 bits per heavy atom. The van der Waals surface area contributed by atoms with E-state index in [9.17, 15) is 0 Å². The lowest BCUT2D eigenvalue weighted by molar-refractivity contribution is 0.0197. The van der Waals surface area contributed by atoms with Gasteiger partial charge in [-0.15, -0.1) is 0 Å². The Kier molecular flexibility index (Phi) is 5.22. The minimum atomic E-state index is 0.302. The van der Waals surface area contributed by atoms with Gasteiger partial charge in [0, 0.05) is 32.8 Å². The molecule has 4 heteroatoms. The molecule has 0 aromatic heterocycles. The second-order valence-electron chi connectivity index (χ2n) is 5.47. The number of nitrogens with zero attached hydrogens (tertiary/aromatic N) is 1. The molecule has 2 saturated heterocycles. The summed E-state index contributed by atoms with van der Waals surface area (Å²) in [6.07, 6.45) is 5.42. The van der Waals surface area contributed by atoms with E-state index in [1.807, 2.05) is 0 Å². The Labute approximate surface area is 104 Å². The smallest absolute Gasteiger partial charge is 0.0707 e. The first-order valence-electron chi connectivity index (χ1n) is 6.89. The van der Waals surface area contributed by atoms with Crippen molar-refractivity contribution in [3.05, 3.63) is 0 Å². The molecule has 0 aliphatic carbocycles. The first-order valence-corrected chi connectivity index (χ1v) is 6.89. The molecule has 0 spiro atoms. The van der Waals surface area contributed by atoms with Gasteiger partial charge in [-0.25, -0.2) is 0 Å². The molecule has 2 N–H and O–H groups in total. The second-order valence-corrected chi connectivity index (χ2v) is 5.47. The fraction of sp³-hybridized carbons (Fsp3) is 1.00. The zero-order valence-electron chi connectivity index (χ0n) is 10.9. The molecular weight excluding hydrogens is 216 g/mol. The lowest BCUT2D eigenvalue weighted by Gasteiger charge is -2.28. The molecule has 2 atom stereocenters. The fourth-order valence-corrected chi connectivity index (χ4v) is 2.88. The van der Waals surface area contributed by atoms with Crippen molar-refractivity contribution in [2.75, 3.05) is 39.9 Å². The Morgan fingerprint density at radius 3 is 2.41 bits per heavy atom. The molecule has 0 aromatic rings. The summed E-state index contributed by atoms with van der Waals surface area (Å²) in [5, 5.41) is 0. The van der Waals surface area contributed by atoms with Crippen molar-refractivity contribution in [2.24, 2.45) is 11.7 Å². The minimum absolute atomic E-state index is 0.302. The molecule has 2 rings (SSSR count). The molecule has 2 heterocycles. The zero-order chi connectivity index (χ0) is 12.1. The van der Waals surface area contributed by atoms with Gasteiger partial charge in [-0.1, -0.05) is 0 Å². The van der Waals surface area contributed by atoms with Crippen molar-refractivity contribution < 1.29 is 9.47 Å². The van der Waals surface area contributed by atoms with E-state index >= 15 is 0 Å². The molecule has 0 bridgehead atoms. The average Bonchev–Trinajstić information content (AvgIpc) is 2.78. The van der Waals surface area contributed by atoms with Gasteiger partial charge in [-0.2, -0.15) is 0 Å². The maximum absolute atomic E-state index is 5.88. The van der Waals surface area contributed by atoms with Crippen LogP contribution in [0, 0.1) is 5.92 Å². The van der Waals surface area contributed by atoms with Gasteiger partial charge < -0.3 is 20.1 Å². The summed E-state index contributed by atoms with van der Waals surface area (Å²) in [6.45, 7) is 4.77. The lowest BCUT2D eigenvalue weighted by atomic mass is 10.00. The van der Waals surface area contributed by atoms with E-state index in [0.717, 1.165) is 32.1 Å². The molecule has 4 nitrogen and oxygen atoms in total. The summed E-state index contributed by atoms with van der Waals surface area (Å²) >= 11 is 0. The zero-order valence-corrected chi connectivity index (χ0v) is 10.9. The molecule has 0 radical (unpaired) electrons. The molecule has 17 heavy (non-hydrogen) atoms. The van der Waals surface area contributed by atoms with E-state index in [4.69, 9.17) is 15.2 Å². The topological polar surface area (TPSA) is 47.7 Å². The Bertz CT molecular complexity index is 219. The molecule has 2 unspecified atom stereocenters. The summed E-state index contributed by atoms with van der Waals surface area (Å²) in [6, 6.07) is 0. The minimum Gasteiger partial charge on any atom is -0.381 e. The molecular formula is C13H26N2O2. The van der Waals surface area contributed by atoms with E-state index in [-0.39, 0.29) is 0 Å². The maximum Gasteiger partial charge on any atom is 0.0707 e. The van der Waals surface area contributed by atoms with Gasteiger partial charge in [-0.3, -0.25) is 0 Å². The summed E-state index contributed by atoms with van der Waals surface area (Å²) in [7, 11) is 2.20. The molecule has 0 aromatic carbocycles. The molecule has 100 valence electrons. The number of hydrogen-bond acceptors (Lipinski definition) is 4. The standard InChI is InChI=1S/C13H26N2O2/c1-15(9-11-4-6-16-7-5-11)10-13-3-2-12(8-14)17-13/h11-13H,2-10,14H2,1H3. The predicted octanol–water partition coefficient (Wildman–Crippen LogP) is 0.851. The van der Waals surface area contributed by atoms with Crippen LogP contribution >= 0.6 is 0 Å². The predicted molar refractivity (Wildman–Crippen MR) is 68.0 cm³/mol. The largest absolute Gasteiger partial charge is 0.381 e. The third-order valence-electron chi connectivity index (χ3n) is 3.88. The van der Waals surface area contributed by atoms with Crippen LogP contribution in [0.15, 0.2) is 0 Å². The van der Waals surface area contributed by atoms with Crippen molar-refractivity contribution in [3.63, 3.8) is 0 Å². The maximum atomic E-state index is 5.88. The number of hydrogen-bond donors (Lipinski definition) is 1. The number of likely N-dealkylation sites (N-methyl/N-ethyl adjacent to an activating group) is 1. The van der Waals surface area contributed by atoms with Gasteiger partial charge in [-0.05, 0) is 38.6 Å². The van der Waals surface area contributed by atoms with E-state index in [0.29, 0.717) is 18.8 Å². The monoisotopic (exact) mass is 242 g/mol. The van der Waals surface area contributed by atoms with Crippen molar-refractivity contribution >= 4 is 0 Å². The van der Waals surface area contributed by atoms with Gasteiger partial charge in [0.15, 0.2) is 0 Å². The average molecular weight is 242 g/mol. The third kappa shape index (κ3) is 4.21. The van der Waals surface area contributed by atoms with Crippen LogP contribution in [0.3, 0.4) is 0 Å². The van der Waals surface area contributed by atoms with Crippen LogP contribution in [0.4, 0.5) is 0 Å². The number of ether oxygens (including phenoxy) is 2. The number of nitrogens with two attached hydrogens (primary N) is 1. The van der Waals surface area contributed by atoms with Crippen LogP contribution in [0.1, 0.15) is 25.7 Å². The quantitative estimate of drug-likeness (QED) is 0.776. The van der Waals surface area contributed by atoms with Gasteiger partial charge in [0.2, 0.25) is 0 Å². The summed E-state index contributed by atoms with van der Waals surface area (Å²) in [5.74, 6) is 0.806. The first-order chi connectivity index (χ1) is 8.28. The lowest BCUT2D eigenvalue weighted by Crippen LogP contribution is -2.35. The molecule has 2 aliphatic rings. The SMILES string of the molecule is CN(CC1CCOCC1)CC1CCC(CN)O1. The van der Waals surface area contributed by atoms with E-state index in [1.54, 1.807) is 0 Å². The highest BCUT2D eigenvalue weighted by atomic mass is 16.5. The van der Waals surface area contributed by atoms with Gasteiger partial charge >= 0.3 is 0 Å². The Balaban J connectivity index is 1.64. The molecule has 2 aliphatic heterocycles. The summed E-state index contributed by atoms with van der Waals surface area (Å²) in [5.41, 5.74) is 5.62. The van der Waals surface area contributed by atoms with Crippen LogP contribution in [0.25, 0.3) is 0 Å². The molecule has 0 saturated carbocycles. The van der Waals surface area contributed by atoms with Crippen molar-refractivity contribution in [2.45, 2.75) is 37.9 Å². The highest BCUT2D eigenvalue weighted by Crippen LogP contribution is 2.21. The summed E-state index contributed by atoms with van der Waals surface area (Å²) < 4.78 is 11.3. The van der Waals surface area contributed by atoms with Crippen LogP contribution in [-0.2, 0) is 9.47 Å². The van der Waals surface area contributed by atoms with Crippen LogP contribution in [-0.4, -0.2) is 57.0 Å². The Morgan fingerprint density at radius 2 is 1.76 bits per heavy atom. The fourth-order valence-electron chi connectivity index (χ4n) is 2.88. The van der Waals surface area contributed by atoms with Gasteiger partial charge in [0.05, 0.1) is 12.2 Å². The van der Waals surface area contributed by atoms with Crippen molar-refractivity contribution in [3.8, 4) is 0 Å². The molecule has 0 amide bonds. The second kappa shape index (κ2) is 6.69. The van der Waals surface area contributed by atoms with Crippen molar-refractivity contribution in [1.29, 1.82) is 0 Å². The number of rotatable bonds is 5. The van der Waals surface area contributed by atoms with Crippen LogP contribution in [0.2, 0.25) is 0 Å². The van der Waals surface area contributed by atoms with E-state index < -0.39 is 0 Å². The first kappa shape index (κ1) is 13.3.